The summed E-state index contributed by atoms with van der Waals surface area (Å²) in [4.78, 5) is 25.6. The number of rotatable bonds is 4. The van der Waals surface area contributed by atoms with E-state index in [0.717, 1.165) is 6.42 Å². The fraction of sp³-hybridized carbons (Fsp3) is 0.500. The maximum atomic E-state index is 12.3. The Morgan fingerprint density at radius 1 is 1.31 bits per heavy atom. The number of carbonyl (C=O) groups excluding carboxylic acids is 2. The Morgan fingerprint density at radius 3 is 2.81 bits per heavy atom. The van der Waals surface area contributed by atoms with Crippen molar-refractivity contribution in [2.45, 2.75) is 18.9 Å². The minimum atomic E-state index is -3.26. The minimum absolute atomic E-state index is 0.158. The molecule has 3 N–H and O–H groups in total. The van der Waals surface area contributed by atoms with Gasteiger partial charge < -0.3 is 16.0 Å². The topological polar surface area (TPSA) is 111 Å². The van der Waals surface area contributed by atoms with Gasteiger partial charge in [0.25, 0.3) is 0 Å². The average Bonchev–Trinajstić information content (AvgIpc) is 3.00. The minimum Gasteiger partial charge on any atom is -0.336 e. The molecule has 10 heteroatoms. The highest BCUT2D eigenvalue weighted by Crippen LogP contribution is 2.21. The number of hydrogen-bond donors (Lipinski definition) is 3. The van der Waals surface area contributed by atoms with Gasteiger partial charge in [0.2, 0.25) is 10.0 Å². The Balaban J connectivity index is 1.59. The molecule has 0 aliphatic carbocycles. The Kier molecular flexibility index (Phi) is 5.33. The van der Waals surface area contributed by atoms with Crippen LogP contribution in [0.5, 0.6) is 0 Å². The summed E-state index contributed by atoms with van der Waals surface area (Å²) < 4.78 is 24.7. The van der Waals surface area contributed by atoms with E-state index in [1.54, 1.807) is 29.2 Å². The van der Waals surface area contributed by atoms with Crippen molar-refractivity contribution in [2.75, 3.05) is 42.7 Å². The van der Waals surface area contributed by atoms with Crippen LogP contribution in [-0.4, -0.2) is 63.3 Å². The number of piperidine rings is 1. The summed E-state index contributed by atoms with van der Waals surface area (Å²) in [5.74, 6) is 0. The first-order chi connectivity index (χ1) is 12.3. The number of amides is 4. The third-order valence-corrected chi connectivity index (χ3v) is 5.73. The number of nitrogens with one attached hydrogen (secondary N) is 3. The largest absolute Gasteiger partial charge is 0.336 e. The number of carbonyl (C=O) groups is 2. The SMILES string of the molecule is CS(=O)(=O)N1CCCC(NC(=O)Nc2cccc(N3CCNC3=O)c2)C1. The standard InChI is InChI=1S/C16H23N5O4S/c1-26(24,25)20-8-3-5-13(11-20)19-15(22)18-12-4-2-6-14(10-12)21-9-7-17-16(21)23/h2,4,6,10,13H,3,5,7-9,11H2,1H3,(H,17,23)(H2,18,19,22). The highest BCUT2D eigenvalue weighted by molar-refractivity contribution is 7.88. The maximum Gasteiger partial charge on any atom is 0.321 e. The molecule has 3 rings (SSSR count). The summed E-state index contributed by atoms with van der Waals surface area (Å²) in [5.41, 5.74) is 1.27. The second-order valence-corrected chi connectivity index (χ2v) is 8.47. The number of sulfonamides is 1. The molecule has 1 atom stereocenters. The number of nitrogens with zero attached hydrogens (tertiary/aromatic N) is 2. The van der Waals surface area contributed by atoms with E-state index in [-0.39, 0.29) is 18.6 Å². The van der Waals surface area contributed by atoms with Crippen molar-refractivity contribution in [3.8, 4) is 0 Å². The van der Waals surface area contributed by atoms with E-state index in [1.165, 1.54) is 10.6 Å². The van der Waals surface area contributed by atoms with Crippen molar-refractivity contribution in [1.29, 1.82) is 0 Å². The van der Waals surface area contributed by atoms with E-state index >= 15 is 0 Å². The van der Waals surface area contributed by atoms with Gasteiger partial charge in [0.1, 0.15) is 0 Å². The monoisotopic (exact) mass is 381 g/mol. The predicted octanol–water partition coefficient (Wildman–Crippen LogP) is 0.762. The molecule has 0 spiro atoms. The lowest BCUT2D eigenvalue weighted by atomic mass is 10.1. The average molecular weight is 381 g/mol. The lowest BCUT2D eigenvalue weighted by molar-refractivity contribution is 0.236. The van der Waals surface area contributed by atoms with E-state index in [1.807, 2.05) is 0 Å². The van der Waals surface area contributed by atoms with Crippen LogP contribution < -0.4 is 20.9 Å². The van der Waals surface area contributed by atoms with Crippen LogP contribution in [0.1, 0.15) is 12.8 Å². The second-order valence-electron chi connectivity index (χ2n) is 6.49. The van der Waals surface area contributed by atoms with Crippen molar-refractivity contribution in [2.24, 2.45) is 0 Å². The van der Waals surface area contributed by atoms with E-state index in [2.05, 4.69) is 16.0 Å². The molecule has 0 radical (unpaired) electrons. The summed E-state index contributed by atoms with van der Waals surface area (Å²) in [5, 5.41) is 8.30. The van der Waals surface area contributed by atoms with Gasteiger partial charge in [0.05, 0.1) is 6.26 Å². The predicted molar refractivity (Wildman–Crippen MR) is 98.8 cm³/mol. The third kappa shape index (κ3) is 4.44. The smallest absolute Gasteiger partial charge is 0.321 e. The van der Waals surface area contributed by atoms with Gasteiger partial charge in [-0.1, -0.05) is 6.07 Å². The summed E-state index contributed by atoms with van der Waals surface area (Å²) in [6.07, 6.45) is 2.61. The molecule has 9 nitrogen and oxygen atoms in total. The van der Waals surface area contributed by atoms with Gasteiger partial charge in [-0.25, -0.2) is 22.3 Å². The van der Waals surface area contributed by atoms with Gasteiger partial charge >= 0.3 is 12.1 Å². The molecule has 2 saturated heterocycles. The number of urea groups is 2. The molecule has 2 aliphatic rings. The quantitative estimate of drug-likeness (QED) is 0.715. The lowest BCUT2D eigenvalue weighted by Gasteiger charge is -2.31. The molecular formula is C16H23N5O4S. The Labute approximate surface area is 152 Å². The summed E-state index contributed by atoms with van der Waals surface area (Å²) in [6.45, 7) is 1.94. The van der Waals surface area contributed by atoms with Gasteiger partial charge in [-0.2, -0.15) is 0 Å². The number of benzene rings is 1. The van der Waals surface area contributed by atoms with Gasteiger partial charge in [-0.05, 0) is 31.0 Å². The molecule has 26 heavy (non-hydrogen) atoms. The molecule has 0 saturated carbocycles. The first kappa shape index (κ1) is 18.5. The van der Waals surface area contributed by atoms with E-state index in [0.29, 0.717) is 37.4 Å². The Hall–Kier alpha value is -2.33. The highest BCUT2D eigenvalue weighted by atomic mass is 32.2. The number of anilines is 2. The molecule has 142 valence electrons. The van der Waals surface area contributed by atoms with Crippen molar-refractivity contribution in [1.82, 2.24) is 14.9 Å². The van der Waals surface area contributed by atoms with Crippen molar-refractivity contribution < 1.29 is 18.0 Å². The third-order valence-electron chi connectivity index (χ3n) is 4.46. The molecular weight excluding hydrogens is 358 g/mol. The molecule has 1 aromatic rings. The molecule has 1 aromatic carbocycles. The zero-order chi connectivity index (χ0) is 18.7. The van der Waals surface area contributed by atoms with E-state index in [4.69, 9.17) is 0 Å². The van der Waals surface area contributed by atoms with Crippen LogP contribution in [0.25, 0.3) is 0 Å². The number of hydrogen-bond acceptors (Lipinski definition) is 4. The van der Waals surface area contributed by atoms with Gasteiger partial charge in [-0.15, -0.1) is 0 Å². The Morgan fingerprint density at radius 2 is 2.12 bits per heavy atom. The van der Waals surface area contributed by atoms with Gasteiger partial charge in [0, 0.05) is 43.6 Å². The highest BCUT2D eigenvalue weighted by Gasteiger charge is 2.27. The van der Waals surface area contributed by atoms with Crippen LogP contribution in [0, 0.1) is 0 Å². The first-order valence-electron chi connectivity index (χ1n) is 8.51. The zero-order valence-electron chi connectivity index (χ0n) is 14.6. The maximum absolute atomic E-state index is 12.3. The van der Waals surface area contributed by atoms with Crippen molar-refractivity contribution in [3.05, 3.63) is 24.3 Å². The summed E-state index contributed by atoms with van der Waals surface area (Å²) in [6, 6.07) is 6.25. The molecule has 0 aromatic heterocycles. The van der Waals surface area contributed by atoms with Crippen LogP contribution in [0.3, 0.4) is 0 Å². The van der Waals surface area contributed by atoms with Crippen LogP contribution >= 0.6 is 0 Å². The van der Waals surface area contributed by atoms with Crippen LogP contribution in [0.2, 0.25) is 0 Å². The normalized spacial score (nSPS) is 21.3. The molecule has 2 aliphatic heterocycles. The fourth-order valence-corrected chi connectivity index (χ4v) is 4.10. The van der Waals surface area contributed by atoms with Crippen LogP contribution in [-0.2, 0) is 10.0 Å². The molecule has 0 bridgehead atoms. The summed E-state index contributed by atoms with van der Waals surface area (Å²) in [7, 11) is -3.26. The van der Waals surface area contributed by atoms with Crippen LogP contribution in [0.4, 0.5) is 21.0 Å². The molecule has 2 fully saturated rings. The molecule has 4 amide bonds. The van der Waals surface area contributed by atoms with Crippen molar-refractivity contribution in [3.63, 3.8) is 0 Å². The van der Waals surface area contributed by atoms with E-state index < -0.39 is 16.1 Å². The lowest BCUT2D eigenvalue weighted by Crippen LogP contribution is -2.50. The first-order valence-corrected chi connectivity index (χ1v) is 10.4. The molecule has 1 unspecified atom stereocenters. The second kappa shape index (κ2) is 7.50. The van der Waals surface area contributed by atoms with E-state index in [9.17, 15) is 18.0 Å². The molecule has 2 heterocycles. The van der Waals surface area contributed by atoms with Crippen LogP contribution in [0.15, 0.2) is 24.3 Å². The Bertz CT molecular complexity index is 798. The van der Waals surface area contributed by atoms with Gasteiger partial charge in [0.15, 0.2) is 0 Å². The van der Waals surface area contributed by atoms with Crippen molar-refractivity contribution >= 4 is 33.5 Å². The summed E-state index contributed by atoms with van der Waals surface area (Å²) >= 11 is 0. The van der Waals surface area contributed by atoms with Gasteiger partial charge in [-0.3, -0.25) is 4.90 Å². The fourth-order valence-electron chi connectivity index (χ4n) is 3.18. The zero-order valence-corrected chi connectivity index (χ0v) is 15.4.